The second-order valence-corrected chi connectivity index (χ2v) is 4.75. The average molecular weight is 294 g/mol. The summed E-state index contributed by atoms with van der Waals surface area (Å²) in [6.45, 7) is 0.349. The van der Waals surface area contributed by atoms with Crippen LogP contribution < -0.4 is 5.32 Å². The van der Waals surface area contributed by atoms with Crippen molar-refractivity contribution in [3.63, 3.8) is 0 Å². The molecule has 0 atom stereocenters. The molecule has 20 heavy (non-hydrogen) atoms. The Morgan fingerprint density at radius 1 is 1.20 bits per heavy atom. The van der Waals surface area contributed by atoms with Gasteiger partial charge in [-0.1, -0.05) is 35.9 Å². The number of halogens is 2. The highest BCUT2D eigenvalue weighted by Gasteiger charge is 2.07. The molecule has 104 valence electrons. The lowest BCUT2D eigenvalue weighted by atomic mass is 10.0. The highest BCUT2D eigenvalue weighted by Crippen LogP contribution is 2.20. The first-order valence-electron chi connectivity index (χ1n) is 6.04. The summed E-state index contributed by atoms with van der Waals surface area (Å²) in [5.74, 6) is -1.33. The maximum Gasteiger partial charge on any atom is 0.307 e. The monoisotopic (exact) mass is 293 g/mol. The van der Waals surface area contributed by atoms with E-state index in [1.165, 1.54) is 6.07 Å². The van der Waals surface area contributed by atoms with Crippen LogP contribution in [0, 0.1) is 5.82 Å². The van der Waals surface area contributed by atoms with Gasteiger partial charge in [-0.3, -0.25) is 4.79 Å². The van der Waals surface area contributed by atoms with Crippen LogP contribution in [-0.2, 0) is 17.8 Å². The average Bonchev–Trinajstić information content (AvgIpc) is 2.39. The third-order valence-corrected chi connectivity index (χ3v) is 3.10. The smallest absolute Gasteiger partial charge is 0.307 e. The van der Waals surface area contributed by atoms with Crippen LogP contribution in [0.1, 0.15) is 11.1 Å². The molecular weight excluding hydrogens is 281 g/mol. The van der Waals surface area contributed by atoms with E-state index in [0.29, 0.717) is 22.8 Å². The third-order valence-electron chi connectivity index (χ3n) is 2.86. The van der Waals surface area contributed by atoms with Crippen molar-refractivity contribution < 1.29 is 14.3 Å². The summed E-state index contributed by atoms with van der Waals surface area (Å²) in [5.41, 5.74) is 1.87. The van der Waals surface area contributed by atoms with Crippen molar-refractivity contribution in [1.82, 2.24) is 0 Å². The van der Waals surface area contributed by atoms with Crippen LogP contribution in [0.4, 0.5) is 10.1 Å². The zero-order valence-corrected chi connectivity index (χ0v) is 11.3. The van der Waals surface area contributed by atoms with E-state index in [1.54, 1.807) is 24.3 Å². The van der Waals surface area contributed by atoms with E-state index >= 15 is 0 Å². The van der Waals surface area contributed by atoms with Gasteiger partial charge in [-0.25, -0.2) is 4.39 Å². The first-order chi connectivity index (χ1) is 9.56. The minimum Gasteiger partial charge on any atom is -0.481 e. The molecule has 5 heteroatoms. The van der Waals surface area contributed by atoms with Crippen molar-refractivity contribution in [1.29, 1.82) is 0 Å². The van der Waals surface area contributed by atoms with Crippen LogP contribution in [0.5, 0.6) is 0 Å². The highest BCUT2D eigenvalue weighted by molar-refractivity contribution is 6.30. The molecule has 0 aliphatic heterocycles. The summed E-state index contributed by atoms with van der Waals surface area (Å²) in [5, 5.41) is 12.1. The van der Waals surface area contributed by atoms with Gasteiger partial charge in [-0.05, 0) is 29.3 Å². The van der Waals surface area contributed by atoms with Crippen LogP contribution >= 0.6 is 11.6 Å². The molecule has 0 saturated carbocycles. The Bertz CT molecular complexity index is 631. The zero-order valence-electron chi connectivity index (χ0n) is 10.6. The topological polar surface area (TPSA) is 49.3 Å². The first kappa shape index (κ1) is 14.3. The Morgan fingerprint density at radius 2 is 1.90 bits per heavy atom. The maximum absolute atomic E-state index is 13.6. The fraction of sp³-hybridized carbons (Fsp3) is 0.133. The van der Waals surface area contributed by atoms with Gasteiger partial charge in [0.05, 0.1) is 12.1 Å². The highest BCUT2D eigenvalue weighted by atomic mass is 35.5. The van der Waals surface area contributed by atoms with Crippen molar-refractivity contribution in [3.8, 4) is 0 Å². The lowest BCUT2D eigenvalue weighted by Gasteiger charge is -2.11. The number of aliphatic carboxylic acids is 1. The molecule has 0 saturated heterocycles. The van der Waals surface area contributed by atoms with Gasteiger partial charge in [0.1, 0.15) is 5.82 Å². The second-order valence-electron chi connectivity index (χ2n) is 4.32. The summed E-state index contributed by atoms with van der Waals surface area (Å²) >= 11 is 5.68. The van der Waals surface area contributed by atoms with Crippen LogP contribution in [0.25, 0.3) is 0 Å². The fourth-order valence-corrected chi connectivity index (χ4v) is 2.05. The number of anilines is 1. The Balaban J connectivity index is 2.12. The Hall–Kier alpha value is -2.07. The maximum atomic E-state index is 13.6. The molecule has 0 bridgehead atoms. The standard InChI is InChI=1S/C15H13ClFNO2/c16-12-5-6-14(13(17)8-12)18-9-11-4-2-1-3-10(11)7-15(19)20/h1-6,8,18H,7,9H2,(H,19,20). The summed E-state index contributed by atoms with van der Waals surface area (Å²) < 4.78 is 13.6. The lowest BCUT2D eigenvalue weighted by molar-refractivity contribution is -0.136. The molecule has 2 aromatic rings. The van der Waals surface area contributed by atoms with Gasteiger partial charge in [0.15, 0.2) is 0 Å². The summed E-state index contributed by atoms with van der Waals surface area (Å²) in [6, 6.07) is 11.5. The molecule has 2 N–H and O–H groups in total. The molecule has 0 spiro atoms. The summed E-state index contributed by atoms with van der Waals surface area (Å²) in [4.78, 5) is 10.8. The van der Waals surface area contributed by atoms with Gasteiger partial charge in [-0.2, -0.15) is 0 Å². The molecule has 0 amide bonds. The predicted octanol–water partition coefficient (Wildman–Crippen LogP) is 3.72. The first-order valence-corrected chi connectivity index (χ1v) is 6.41. The van der Waals surface area contributed by atoms with Gasteiger partial charge in [0, 0.05) is 11.6 Å². The van der Waals surface area contributed by atoms with Crippen molar-refractivity contribution in [2.75, 3.05) is 5.32 Å². The van der Waals surface area contributed by atoms with Crippen molar-refractivity contribution in [2.24, 2.45) is 0 Å². The van der Waals surface area contributed by atoms with Crippen molar-refractivity contribution >= 4 is 23.3 Å². The Morgan fingerprint density at radius 3 is 2.55 bits per heavy atom. The number of carboxylic acid groups (broad SMARTS) is 1. The minimum atomic E-state index is -0.893. The van der Waals surface area contributed by atoms with Crippen LogP contribution in [0.15, 0.2) is 42.5 Å². The van der Waals surface area contributed by atoms with Crippen molar-refractivity contribution in [3.05, 3.63) is 64.4 Å². The minimum absolute atomic E-state index is 0.0546. The van der Waals surface area contributed by atoms with Gasteiger partial charge in [0.25, 0.3) is 0 Å². The van der Waals surface area contributed by atoms with Crippen LogP contribution in [0.2, 0.25) is 5.02 Å². The van der Waals surface area contributed by atoms with E-state index in [1.807, 2.05) is 12.1 Å². The molecule has 0 fully saturated rings. The van der Waals surface area contributed by atoms with Crippen molar-refractivity contribution in [2.45, 2.75) is 13.0 Å². The number of carboxylic acids is 1. The van der Waals surface area contributed by atoms with E-state index < -0.39 is 11.8 Å². The summed E-state index contributed by atoms with van der Waals surface area (Å²) in [6.07, 6.45) is -0.0546. The largest absolute Gasteiger partial charge is 0.481 e. The fourth-order valence-electron chi connectivity index (χ4n) is 1.89. The molecule has 0 radical (unpaired) electrons. The molecule has 0 aromatic heterocycles. The SMILES string of the molecule is O=C(O)Cc1ccccc1CNc1ccc(Cl)cc1F. The molecular formula is C15H13ClFNO2. The van der Waals surface area contributed by atoms with E-state index in [-0.39, 0.29) is 6.42 Å². The van der Waals surface area contributed by atoms with Gasteiger partial charge < -0.3 is 10.4 Å². The number of carbonyl (C=O) groups is 1. The van der Waals surface area contributed by atoms with Gasteiger partial charge >= 0.3 is 5.97 Å². The Kier molecular flexibility index (Phi) is 4.58. The molecule has 3 nitrogen and oxygen atoms in total. The number of benzene rings is 2. The third kappa shape index (κ3) is 3.71. The number of nitrogens with one attached hydrogen (secondary N) is 1. The normalized spacial score (nSPS) is 10.3. The Labute approximate surface area is 121 Å². The van der Waals surface area contributed by atoms with E-state index in [9.17, 15) is 9.18 Å². The quantitative estimate of drug-likeness (QED) is 0.883. The predicted molar refractivity (Wildman–Crippen MR) is 76.5 cm³/mol. The molecule has 0 aliphatic rings. The summed E-state index contributed by atoms with van der Waals surface area (Å²) in [7, 11) is 0. The number of hydrogen-bond acceptors (Lipinski definition) is 2. The molecule has 0 unspecified atom stereocenters. The molecule has 2 aromatic carbocycles. The molecule has 2 rings (SSSR count). The van der Waals surface area contributed by atoms with E-state index in [2.05, 4.69) is 5.32 Å². The molecule has 0 heterocycles. The van der Waals surface area contributed by atoms with Crippen LogP contribution in [-0.4, -0.2) is 11.1 Å². The van der Waals surface area contributed by atoms with Gasteiger partial charge in [0.2, 0.25) is 0 Å². The van der Waals surface area contributed by atoms with E-state index in [4.69, 9.17) is 16.7 Å². The molecule has 0 aliphatic carbocycles. The zero-order chi connectivity index (χ0) is 14.5. The number of rotatable bonds is 5. The number of hydrogen-bond donors (Lipinski definition) is 2. The van der Waals surface area contributed by atoms with Gasteiger partial charge in [-0.15, -0.1) is 0 Å². The van der Waals surface area contributed by atoms with Crippen LogP contribution in [0.3, 0.4) is 0 Å². The second kappa shape index (κ2) is 6.39. The van der Waals surface area contributed by atoms with E-state index in [0.717, 1.165) is 5.56 Å². The lowest BCUT2D eigenvalue weighted by Crippen LogP contribution is -2.07.